The van der Waals surface area contributed by atoms with E-state index in [9.17, 15) is 9.59 Å². The summed E-state index contributed by atoms with van der Waals surface area (Å²) < 4.78 is 0. The molecule has 1 amide bonds. The zero-order valence-electron chi connectivity index (χ0n) is 11.0. The van der Waals surface area contributed by atoms with Crippen LogP contribution in [0, 0.1) is 0 Å². The summed E-state index contributed by atoms with van der Waals surface area (Å²) in [5.74, 6) is -1.56. The molecule has 104 valence electrons. The number of carboxylic acids is 1. The Bertz CT molecular complexity index is 652. The van der Waals surface area contributed by atoms with Crippen LogP contribution in [-0.2, 0) is 0 Å². The van der Waals surface area contributed by atoms with E-state index in [1.165, 1.54) is 5.38 Å². The van der Waals surface area contributed by atoms with Gasteiger partial charge in [-0.3, -0.25) is 4.79 Å². The van der Waals surface area contributed by atoms with Gasteiger partial charge in [0.1, 0.15) is 0 Å². The number of carboxylic acid groups (broad SMARTS) is 1. The van der Waals surface area contributed by atoms with E-state index in [-0.39, 0.29) is 10.7 Å². The summed E-state index contributed by atoms with van der Waals surface area (Å²) in [5, 5.41) is 13.0. The lowest BCUT2D eigenvalue weighted by atomic mass is 10.2. The van der Waals surface area contributed by atoms with Crippen LogP contribution in [0.4, 0.5) is 11.4 Å². The van der Waals surface area contributed by atoms with Crippen molar-refractivity contribution >= 4 is 34.6 Å². The maximum absolute atomic E-state index is 12.1. The highest BCUT2D eigenvalue weighted by Crippen LogP contribution is 2.24. The molecule has 0 unspecified atom stereocenters. The summed E-state index contributed by atoms with van der Waals surface area (Å²) in [5.41, 5.74) is 1.38. The van der Waals surface area contributed by atoms with E-state index in [0.29, 0.717) is 5.69 Å². The Morgan fingerprint density at radius 3 is 2.60 bits per heavy atom. The Morgan fingerprint density at radius 2 is 2.00 bits per heavy atom. The summed E-state index contributed by atoms with van der Waals surface area (Å²) in [6.07, 6.45) is 0. The molecular weight excluding hydrogens is 278 g/mol. The van der Waals surface area contributed by atoms with Crippen LogP contribution in [0.3, 0.4) is 0 Å². The molecule has 1 heterocycles. The van der Waals surface area contributed by atoms with Crippen LogP contribution in [0.1, 0.15) is 20.3 Å². The summed E-state index contributed by atoms with van der Waals surface area (Å²) in [7, 11) is 3.74. The molecular formula is C13H13N3O3S. The quantitative estimate of drug-likeness (QED) is 0.902. The first-order chi connectivity index (χ1) is 9.49. The lowest BCUT2D eigenvalue weighted by Crippen LogP contribution is -2.16. The van der Waals surface area contributed by atoms with Crippen molar-refractivity contribution in [3.63, 3.8) is 0 Å². The van der Waals surface area contributed by atoms with Gasteiger partial charge < -0.3 is 15.3 Å². The summed E-state index contributed by atoms with van der Waals surface area (Å²) in [6.45, 7) is 0. The molecule has 0 spiro atoms. The second-order valence-electron chi connectivity index (χ2n) is 4.21. The van der Waals surface area contributed by atoms with Crippen LogP contribution < -0.4 is 10.2 Å². The molecule has 0 bridgehead atoms. The molecule has 1 aromatic heterocycles. The number of thiazole rings is 1. The molecule has 0 aliphatic rings. The Kier molecular flexibility index (Phi) is 3.99. The molecule has 2 rings (SSSR count). The fraction of sp³-hybridized carbons (Fsp3) is 0.154. The van der Waals surface area contributed by atoms with Crippen molar-refractivity contribution in [3.8, 4) is 0 Å². The first-order valence-corrected chi connectivity index (χ1v) is 6.63. The van der Waals surface area contributed by atoms with Gasteiger partial charge in [-0.15, -0.1) is 11.3 Å². The van der Waals surface area contributed by atoms with Crippen molar-refractivity contribution in [1.82, 2.24) is 4.98 Å². The van der Waals surface area contributed by atoms with Crippen LogP contribution in [0.5, 0.6) is 0 Å². The topological polar surface area (TPSA) is 82.5 Å². The predicted molar refractivity (Wildman–Crippen MR) is 77.8 cm³/mol. The van der Waals surface area contributed by atoms with Gasteiger partial charge in [-0.1, -0.05) is 12.1 Å². The molecule has 6 nitrogen and oxygen atoms in total. The number of para-hydroxylation sites is 2. The van der Waals surface area contributed by atoms with Gasteiger partial charge in [0.15, 0.2) is 10.7 Å². The lowest BCUT2D eigenvalue weighted by molar-refractivity contribution is 0.0691. The Labute approximate surface area is 119 Å². The molecule has 0 fully saturated rings. The van der Waals surface area contributed by atoms with Gasteiger partial charge in [-0.05, 0) is 12.1 Å². The SMILES string of the molecule is CN(C)c1ccccc1NC(=O)c1nc(C(=O)O)cs1. The zero-order valence-corrected chi connectivity index (χ0v) is 11.8. The van der Waals surface area contributed by atoms with Crippen molar-refractivity contribution in [2.45, 2.75) is 0 Å². The minimum atomic E-state index is -1.14. The number of carbonyl (C=O) groups is 2. The number of carbonyl (C=O) groups excluding carboxylic acids is 1. The van der Waals surface area contributed by atoms with Crippen molar-refractivity contribution < 1.29 is 14.7 Å². The number of benzene rings is 1. The van der Waals surface area contributed by atoms with Gasteiger partial charge in [0.05, 0.1) is 11.4 Å². The van der Waals surface area contributed by atoms with E-state index in [1.807, 2.05) is 37.2 Å². The number of hydrogen-bond acceptors (Lipinski definition) is 5. The third-order valence-electron chi connectivity index (χ3n) is 2.55. The van der Waals surface area contributed by atoms with E-state index in [1.54, 1.807) is 6.07 Å². The van der Waals surface area contributed by atoms with Gasteiger partial charge in [-0.2, -0.15) is 0 Å². The first-order valence-electron chi connectivity index (χ1n) is 5.75. The monoisotopic (exact) mass is 291 g/mol. The van der Waals surface area contributed by atoms with Crippen molar-refractivity contribution in [2.75, 3.05) is 24.3 Å². The number of anilines is 2. The zero-order chi connectivity index (χ0) is 14.7. The van der Waals surface area contributed by atoms with Gasteiger partial charge in [0, 0.05) is 19.5 Å². The number of hydrogen-bond donors (Lipinski definition) is 2. The third-order valence-corrected chi connectivity index (χ3v) is 3.39. The highest BCUT2D eigenvalue weighted by Gasteiger charge is 2.16. The van der Waals surface area contributed by atoms with Crippen LogP contribution in [0.2, 0.25) is 0 Å². The lowest BCUT2D eigenvalue weighted by Gasteiger charge is -2.17. The Hall–Kier alpha value is -2.41. The minimum Gasteiger partial charge on any atom is -0.476 e. The third kappa shape index (κ3) is 2.94. The smallest absolute Gasteiger partial charge is 0.355 e. The molecule has 2 N–H and O–H groups in total. The van der Waals surface area contributed by atoms with Crippen molar-refractivity contribution in [3.05, 3.63) is 40.3 Å². The van der Waals surface area contributed by atoms with E-state index < -0.39 is 11.9 Å². The van der Waals surface area contributed by atoms with Gasteiger partial charge in [-0.25, -0.2) is 9.78 Å². The van der Waals surface area contributed by atoms with E-state index >= 15 is 0 Å². The molecule has 0 saturated carbocycles. The van der Waals surface area contributed by atoms with Crippen LogP contribution in [0.15, 0.2) is 29.6 Å². The fourth-order valence-corrected chi connectivity index (χ4v) is 2.31. The molecule has 2 aromatic rings. The largest absolute Gasteiger partial charge is 0.476 e. The van der Waals surface area contributed by atoms with Crippen LogP contribution >= 0.6 is 11.3 Å². The summed E-state index contributed by atoms with van der Waals surface area (Å²) in [4.78, 5) is 28.4. The van der Waals surface area contributed by atoms with Crippen molar-refractivity contribution in [1.29, 1.82) is 0 Å². The maximum atomic E-state index is 12.1. The Morgan fingerprint density at radius 1 is 1.30 bits per heavy atom. The molecule has 0 aliphatic carbocycles. The second kappa shape index (κ2) is 5.70. The number of nitrogens with one attached hydrogen (secondary N) is 1. The normalized spacial score (nSPS) is 10.1. The standard InChI is InChI=1S/C13H13N3O3S/c1-16(2)10-6-4-3-5-8(10)14-11(17)12-15-9(7-20-12)13(18)19/h3-7H,1-2H3,(H,14,17)(H,18,19). The number of aromatic carboxylic acids is 1. The fourth-order valence-electron chi connectivity index (χ4n) is 1.62. The maximum Gasteiger partial charge on any atom is 0.355 e. The summed E-state index contributed by atoms with van der Waals surface area (Å²) >= 11 is 1.00. The highest BCUT2D eigenvalue weighted by molar-refractivity contribution is 7.12. The summed E-state index contributed by atoms with van der Waals surface area (Å²) in [6, 6.07) is 7.34. The van der Waals surface area contributed by atoms with E-state index in [0.717, 1.165) is 17.0 Å². The number of nitrogens with zero attached hydrogens (tertiary/aromatic N) is 2. The van der Waals surface area contributed by atoms with Gasteiger partial charge in [0.2, 0.25) is 0 Å². The second-order valence-corrected chi connectivity index (χ2v) is 5.07. The van der Waals surface area contributed by atoms with Crippen molar-refractivity contribution in [2.24, 2.45) is 0 Å². The molecule has 0 radical (unpaired) electrons. The minimum absolute atomic E-state index is 0.121. The molecule has 0 saturated heterocycles. The molecule has 0 atom stereocenters. The Balaban J connectivity index is 2.21. The number of amides is 1. The first kappa shape index (κ1) is 14.0. The van der Waals surface area contributed by atoms with Crippen LogP contribution in [0.25, 0.3) is 0 Å². The van der Waals surface area contributed by atoms with Gasteiger partial charge >= 0.3 is 5.97 Å². The average Bonchev–Trinajstić information content (AvgIpc) is 2.89. The number of rotatable bonds is 4. The van der Waals surface area contributed by atoms with Gasteiger partial charge in [0.25, 0.3) is 5.91 Å². The highest BCUT2D eigenvalue weighted by atomic mass is 32.1. The average molecular weight is 291 g/mol. The van der Waals surface area contributed by atoms with E-state index in [4.69, 9.17) is 5.11 Å². The number of aromatic nitrogens is 1. The molecule has 7 heteroatoms. The molecule has 20 heavy (non-hydrogen) atoms. The molecule has 0 aliphatic heterocycles. The van der Waals surface area contributed by atoms with E-state index in [2.05, 4.69) is 10.3 Å². The van der Waals surface area contributed by atoms with Crippen LogP contribution in [-0.4, -0.2) is 36.1 Å². The predicted octanol–water partition coefficient (Wildman–Crippen LogP) is 2.16. The molecule has 1 aromatic carbocycles.